The molecule has 0 aliphatic carbocycles. The molecular formula is C19H24F3N3O2. The summed E-state index contributed by atoms with van der Waals surface area (Å²) >= 11 is 0. The van der Waals surface area contributed by atoms with E-state index >= 15 is 0 Å². The molecule has 0 fully saturated rings. The molecule has 5 nitrogen and oxygen atoms in total. The van der Waals surface area contributed by atoms with Crippen molar-refractivity contribution in [1.82, 2.24) is 14.9 Å². The number of alkyl carbamates (subject to hydrolysis) is 1. The molecule has 2 rings (SSSR count). The predicted molar refractivity (Wildman–Crippen MR) is 96.1 cm³/mol. The minimum absolute atomic E-state index is 0.254. The summed E-state index contributed by atoms with van der Waals surface area (Å²) in [5, 5.41) is 2.73. The number of hydrogen-bond acceptors (Lipinski definition) is 3. The van der Waals surface area contributed by atoms with Crippen molar-refractivity contribution in [2.24, 2.45) is 0 Å². The van der Waals surface area contributed by atoms with Crippen LogP contribution in [0.3, 0.4) is 0 Å². The molecule has 0 saturated heterocycles. The Labute approximate surface area is 156 Å². The van der Waals surface area contributed by atoms with Gasteiger partial charge in [0.15, 0.2) is 5.69 Å². The molecule has 1 N–H and O–H groups in total. The van der Waals surface area contributed by atoms with E-state index in [-0.39, 0.29) is 11.9 Å². The van der Waals surface area contributed by atoms with Crippen LogP contribution in [0, 0.1) is 0 Å². The largest absolute Gasteiger partial charge is 0.444 e. The molecule has 2 aromatic rings. The number of imidazole rings is 1. The highest BCUT2D eigenvalue weighted by atomic mass is 19.4. The molecule has 27 heavy (non-hydrogen) atoms. The molecule has 8 heteroatoms. The Morgan fingerprint density at radius 3 is 2.30 bits per heavy atom. The smallest absolute Gasteiger partial charge is 0.434 e. The normalized spacial score (nSPS) is 13.3. The highest BCUT2D eigenvalue weighted by Crippen LogP contribution is 2.31. The van der Waals surface area contributed by atoms with Crippen LogP contribution in [0.4, 0.5) is 18.0 Å². The van der Waals surface area contributed by atoms with Gasteiger partial charge >= 0.3 is 12.3 Å². The first kappa shape index (κ1) is 20.8. The lowest BCUT2D eigenvalue weighted by Crippen LogP contribution is -2.34. The number of rotatable bonds is 4. The molecule has 1 unspecified atom stereocenters. The number of nitrogens with zero attached hydrogens (tertiary/aromatic N) is 2. The Morgan fingerprint density at radius 2 is 1.81 bits per heavy atom. The van der Waals surface area contributed by atoms with E-state index in [9.17, 15) is 18.0 Å². The summed E-state index contributed by atoms with van der Waals surface area (Å²) < 4.78 is 45.4. The minimum Gasteiger partial charge on any atom is -0.444 e. The maximum absolute atomic E-state index is 12.9. The minimum atomic E-state index is -4.49. The van der Waals surface area contributed by atoms with Crippen molar-refractivity contribution >= 4 is 6.09 Å². The number of aromatic nitrogens is 2. The van der Waals surface area contributed by atoms with Crippen LogP contribution in [0.2, 0.25) is 0 Å². The number of halogens is 3. The molecule has 1 aromatic heterocycles. The van der Waals surface area contributed by atoms with Crippen molar-refractivity contribution in [3.63, 3.8) is 0 Å². The summed E-state index contributed by atoms with van der Waals surface area (Å²) in [5.41, 5.74) is -0.139. The third-order valence-electron chi connectivity index (χ3n) is 3.81. The van der Waals surface area contributed by atoms with Crippen molar-refractivity contribution in [1.29, 1.82) is 0 Å². The number of carbonyl (C=O) groups excluding carboxylic acids is 1. The van der Waals surface area contributed by atoms with Crippen molar-refractivity contribution < 1.29 is 22.7 Å². The molecule has 1 atom stereocenters. The van der Waals surface area contributed by atoms with Gasteiger partial charge < -0.3 is 14.6 Å². The molecule has 0 saturated carbocycles. The van der Waals surface area contributed by atoms with Crippen molar-refractivity contribution in [2.75, 3.05) is 0 Å². The van der Waals surface area contributed by atoms with Gasteiger partial charge in [-0.25, -0.2) is 9.78 Å². The Balaban J connectivity index is 2.18. The molecule has 1 amide bonds. The highest BCUT2D eigenvalue weighted by Gasteiger charge is 2.34. The van der Waals surface area contributed by atoms with Crippen LogP contribution in [0.25, 0.3) is 11.4 Å². The van der Waals surface area contributed by atoms with Crippen LogP contribution in [0.15, 0.2) is 30.5 Å². The van der Waals surface area contributed by atoms with Gasteiger partial charge in [0, 0.05) is 18.3 Å². The standard InChI is InChI=1S/C19H24F3N3O2/c1-6-25-11-15(19(20,21)22)24-16(25)14-9-7-13(8-10-14)12(2)23-17(26)27-18(3,4)5/h7-12H,6H2,1-5H3,(H,23,26). The van der Waals surface area contributed by atoms with Gasteiger partial charge in [-0.05, 0) is 40.2 Å². The van der Waals surface area contributed by atoms with E-state index in [0.29, 0.717) is 12.1 Å². The zero-order valence-electron chi connectivity index (χ0n) is 16.0. The van der Waals surface area contributed by atoms with Gasteiger partial charge in [-0.2, -0.15) is 13.2 Å². The fourth-order valence-electron chi connectivity index (χ4n) is 2.51. The summed E-state index contributed by atoms with van der Waals surface area (Å²) in [5.74, 6) is 0.254. The number of aryl methyl sites for hydroxylation is 1. The number of nitrogens with one attached hydrogen (secondary N) is 1. The second kappa shape index (κ2) is 7.62. The summed E-state index contributed by atoms with van der Waals surface area (Å²) in [6.45, 7) is 9.25. The molecular weight excluding hydrogens is 359 g/mol. The van der Waals surface area contributed by atoms with Crippen LogP contribution in [-0.2, 0) is 17.5 Å². The van der Waals surface area contributed by atoms with Crippen molar-refractivity contribution in [3.05, 3.63) is 41.7 Å². The summed E-state index contributed by atoms with van der Waals surface area (Å²) in [6.07, 6.45) is -4.01. The van der Waals surface area contributed by atoms with Crippen LogP contribution < -0.4 is 5.32 Å². The second-order valence-electron chi connectivity index (χ2n) is 7.22. The number of alkyl halides is 3. The Bertz CT molecular complexity index is 790. The van der Waals surface area contributed by atoms with Gasteiger partial charge in [0.2, 0.25) is 0 Å². The molecule has 148 valence electrons. The number of amides is 1. The Hall–Kier alpha value is -2.51. The lowest BCUT2D eigenvalue weighted by Gasteiger charge is -2.22. The number of benzene rings is 1. The average molecular weight is 383 g/mol. The first-order chi connectivity index (χ1) is 12.4. The fourth-order valence-corrected chi connectivity index (χ4v) is 2.51. The van der Waals surface area contributed by atoms with E-state index < -0.39 is 23.6 Å². The lowest BCUT2D eigenvalue weighted by atomic mass is 10.1. The zero-order chi connectivity index (χ0) is 20.4. The number of carbonyl (C=O) groups is 1. The first-order valence-corrected chi connectivity index (χ1v) is 8.65. The summed E-state index contributed by atoms with van der Waals surface area (Å²) in [6, 6.07) is 6.57. The fraction of sp³-hybridized carbons (Fsp3) is 0.474. The van der Waals surface area contributed by atoms with Crippen LogP contribution in [0.5, 0.6) is 0 Å². The van der Waals surface area contributed by atoms with E-state index in [2.05, 4.69) is 10.3 Å². The van der Waals surface area contributed by atoms with E-state index in [1.807, 2.05) is 0 Å². The third kappa shape index (κ3) is 5.48. The van der Waals surface area contributed by atoms with Gasteiger partial charge in [-0.1, -0.05) is 24.3 Å². The topological polar surface area (TPSA) is 56.2 Å². The predicted octanol–water partition coefficient (Wildman–Crippen LogP) is 5.17. The van der Waals surface area contributed by atoms with Crippen molar-refractivity contribution in [3.8, 4) is 11.4 Å². The molecule has 0 bridgehead atoms. The number of ether oxygens (including phenoxy) is 1. The quantitative estimate of drug-likeness (QED) is 0.792. The Morgan fingerprint density at radius 1 is 1.22 bits per heavy atom. The van der Waals surface area contributed by atoms with Crippen molar-refractivity contribution in [2.45, 2.75) is 59.0 Å². The molecule has 1 aromatic carbocycles. The summed E-state index contributed by atoms with van der Waals surface area (Å²) in [7, 11) is 0. The Kier molecular flexibility index (Phi) is 5.87. The van der Waals surface area contributed by atoms with Crippen LogP contribution >= 0.6 is 0 Å². The molecule has 0 spiro atoms. The van der Waals surface area contributed by atoms with Gasteiger partial charge in [0.25, 0.3) is 0 Å². The van der Waals surface area contributed by atoms with E-state index in [0.717, 1.165) is 11.8 Å². The van der Waals surface area contributed by atoms with Gasteiger partial charge in [0.1, 0.15) is 11.4 Å². The van der Waals surface area contributed by atoms with Crippen LogP contribution in [0.1, 0.15) is 51.9 Å². The maximum Gasteiger partial charge on any atom is 0.434 e. The average Bonchev–Trinajstić information content (AvgIpc) is 2.97. The maximum atomic E-state index is 12.9. The SMILES string of the molecule is CCn1cc(C(F)(F)F)nc1-c1ccc(C(C)NC(=O)OC(C)(C)C)cc1. The summed E-state index contributed by atoms with van der Waals surface area (Å²) in [4.78, 5) is 15.6. The van der Waals surface area contributed by atoms with Gasteiger partial charge in [0.05, 0.1) is 6.04 Å². The van der Waals surface area contributed by atoms with Crippen LogP contribution in [-0.4, -0.2) is 21.2 Å². The highest BCUT2D eigenvalue weighted by molar-refractivity contribution is 5.68. The van der Waals surface area contributed by atoms with Gasteiger partial charge in [-0.15, -0.1) is 0 Å². The second-order valence-corrected chi connectivity index (χ2v) is 7.22. The van der Waals surface area contributed by atoms with E-state index in [1.54, 1.807) is 58.9 Å². The van der Waals surface area contributed by atoms with E-state index in [1.165, 1.54) is 4.57 Å². The third-order valence-corrected chi connectivity index (χ3v) is 3.81. The monoisotopic (exact) mass is 383 g/mol. The first-order valence-electron chi connectivity index (χ1n) is 8.65. The molecule has 1 heterocycles. The molecule has 0 radical (unpaired) electrons. The van der Waals surface area contributed by atoms with E-state index in [4.69, 9.17) is 4.74 Å². The molecule has 0 aliphatic heterocycles. The number of hydrogen-bond donors (Lipinski definition) is 1. The zero-order valence-corrected chi connectivity index (χ0v) is 16.0. The molecule has 0 aliphatic rings. The lowest BCUT2D eigenvalue weighted by molar-refractivity contribution is -0.140. The van der Waals surface area contributed by atoms with Gasteiger partial charge in [-0.3, -0.25) is 0 Å².